The third kappa shape index (κ3) is 4.85. The molecule has 0 radical (unpaired) electrons. The smallest absolute Gasteiger partial charge is 0.324 e. The van der Waals surface area contributed by atoms with Crippen LogP contribution in [0.3, 0.4) is 0 Å². The quantitative estimate of drug-likeness (QED) is 0.858. The Bertz CT molecular complexity index is 871. The molecule has 1 fully saturated rings. The van der Waals surface area contributed by atoms with Gasteiger partial charge in [0.05, 0.1) is 6.33 Å². The zero-order valence-electron chi connectivity index (χ0n) is 14.5. The lowest BCUT2D eigenvalue weighted by atomic mass is 9.97. The van der Waals surface area contributed by atoms with Gasteiger partial charge in [0.1, 0.15) is 0 Å². The number of aromatic nitrogens is 3. The van der Waals surface area contributed by atoms with Crippen LogP contribution in [0.2, 0.25) is 0 Å². The summed E-state index contributed by atoms with van der Waals surface area (Å²) >= 11 is 1.39. The second-order valence-corrected chi connectivity index (χ2v) is 7.63. The van der Waals surface area contributed by atoms with Gasteiger partial charge in [0.25, 0.3) is 5.56 Å². The molecule has 3 rings (SSSR count). The van der Waals surface area contributed by atoms with E-state index in [0.717, 1.165) is 11.2 Å². The van der Waals surface area contributed by atoms with Gasteiger partial charge in [0, 0.05) is 36.8 Å². The Morgan fingerprint density at radius 1 is 1.33 bits per heavy atom. The molecule has 0 bridgehead atoms. The van der Waals surface area contributed by atoms with E-state index in [4.69, 9.17) is 0 Å². The molecule has 0 saturated carbocycles. The first kappa shape index (κ1) is 19.3. The number of nitrogens with one attached hydrogen (secondary N) is 1. The lowest BCUT2D eigenvalue weighted by Crippen LogP contribution is -2.42. The van der Waals surface area contributed by atoms with Crippen LogP contribution in [0.5, 0.6) is 0 Å². The average molecular weight is 401 g/mol. The van der Waals surface area contributed by atoms with Crippen LogP contribution < -0.4 is 10.9 Å². The number of amides is 2. The number of halogens is 3. The molecule has 3 heterocycles. The van der Waals surface area contributed by atoms with Gasteiger partial charge in [-0.3, -0.25) is 14.7 Å². The van der Waals surface area contributed by atoms with E-state index in [0.29, 0.717) is 37.1 Å². The number of thiazole rings is 1. The second-order valence-electron chi connectivity index (χ2n) is 6.40. The van der Waals surface area contributed by atoms with E-state index in [1.807, 2.05) is 6.92 Å². The largest absolute Gasteiger partial charge is 0.433 e. The van der Waals surface area contributed by atoms with E-state index in [1.165, 1.54) is 15.9 Å². The van der Waals surface area contributed by atoms with Crippen LogP contribution in [-0.4, -0.2) is 38.6 Å². The molecule has 146 valence electrons. The van der Waals surface area contributed by atoms with Crippen LogP contribution in [-0.2, 0) is 12.7 Å². The molecule has 0 unspecified atom stereocenters. The molecule has 1 N–H and O–H groups in total. The number of aryl methyl sites for hydroxylation is 1. The van der Waals surface area contributed by atoms with Crippen molar-refractivity contribution in [2.75, 3.05) is 18.4 Å². The fourth-order valence-electron chi connectivity index (χ4n) is 2.90. The van der Waals surface area contributed by atoms with Gasteiger partial charge >= 0.3 is 12.2 Å². The Morgan fingerprint density at radius 2 is 2.04 bits per heavy atom. The minimum Gasteiger partial charge on any atom is -0.324 e. The van der Waals surface area contributed by atoms with Crippen LogP contribution >= 0.6 is 11.3 Å². The first-order valence-corrected chi connectivity index (χ1v) is 9.16. The van der Waals surface area contributed by atoms with Crippen molar-refractivity contribution in [3.63, 3.8) is 0 Å². The summed E-state index contributed by atoms with van der Waals surface area (Å²) in [5, 5.41) is 3.29. The first-order chi connectivity index (χ1) is 12.7. The van der Waals surface area contributed by atoms with E-state index in [2.05, 4.69) is 15.3 Å². The van der Waals surface area contributed by atoms with E-state index in [-0.39, 0.29) is 18.5 Å². The van der Waals surface area contributed by atoms with Crippen LogP contribution in [0.1, 0.15) is 23.4 Å². The summed E-state index contributed by atoms with van der Waals surface area (Å²) in [5.74, 6) is 0.0902. The van der Waals surface area contributed by atoms with Crippen molar-refractivity contribution >= 4 is 22.5 Å². The van der Waals surface area contributed by atoms with Crippen molar-refractivity contribution in [2.45, 2.75) is 32.5 Å². The predicted molar refractivity (Wildman–Crippen MR) is 93.7 cm³/mol. The summed E-state index contributed by atoms with van der Waals surface area (Å²) in [6.07, 6.45) is -0.708. The average Bonchev–Trinajstić information content (AvgIpc) is 3.01. The van der Waals surface area contributed by atoms with Crippen molar-refractivity contribution in [3.8, 4) is 0 Å². The fraction of sp³-hybridized carbons (Fsp3) is 0.500. The molecule has 2 aromatic rings. The summed E-state index contributed by atoms with van der Waals surface area (Å²) in [5.41, 5.74) is -1.91. The van der Waals surface area contributed by atoms with Crippen LogP contribution in [0.25, 0.3) is 0 Å². The Labute approximate surface area is 156 Å². The molecule has 27 heavy (non-hydrogen) atoms. The second kappa shape index (κ2) is 7.67. The lowest BCUT2D eigenvalue weighted by molar-refractivity contribution is -0.141. The van der Waals surface area contributed by atoms with Gasteiger partial charge in [0.2, 0.25) is 0 Å². The van der Waals surface area contributed by atoms with Gasteiger partial charge in [-0.15, -0.1) is 11.3 Å². The molecule has 1 saturated heterocycles. The number of anilines is 1. The van der Waals surface area contributed by atoms with Gasteiger partial charge in [0.15, 0.2) is 10.8 Å². The molecule has 2 amide bonds. The maximum atomic E-state index is 12.6. The predicted octanol–water partition coefficient (Wildman–Crippen LogP) is 2.97. The standard InChI is InChI=1S/C16H18F3N5O2S/c1-10-7-20-14(27-10)22-15(26)23-4-2-11(3-5-23)8-24-9-21-12(6-13(24)25)16(17,18)19/h6-7,9,11H,2-5,8H2,1H3,(H,20,22,26). The van der Waals surface area contributed by atoms with Crippen molar-refractivity contribution < 1.29 is 18.0 Å². The zero-order chi connectivity index (χ0) is 19.6. The monoisotopic (exact) mass is 401 g/mol. The molecule has 1 aliphatic heterocycles. The molecule has 1 aliphatic rings. The number of piperidine rings is 1. The summed E-state index contributed by atoms with van der Waals surface area (Å²) in [7, 11) is 0. The van der Waals surface area contributed by atoms with Gasteiger partial charge in [-0.25, -0.2) is 14.8 Å². The zero-order valence-corrected chi connectivity index (χ0v) is 15.3. The highest BCUT2D eigenvalue weighted by Crippen LogP contribution is 2.26. The number of carbonyl (C=O) groups excluding carboxylic acids is 1. The molecule has 0 aromatic carbocycles. The van der Waals surface area contributed by atoms with E-state index in [1.54, 1.807) is 11.1 Å². The van der Waals surface area contributed by atoms with Gasteiger partial charge < -0.3 is 4.90 Å². The number of alkyl halides is 3. The molecular weight excluding hydrogens is 383 g/mol. The minimum atomic E-state index is -4.63. The number of carbonyl (C=O) groups is 1. The Kier molecular flexibility index (Phi) is 5.49. The summed E-state index contributed by atoms with van der Waals surface area (Å²) < 4.78 is 38.9. The minimum absolute atomic E-state index is 0.0902. The molecule has 0 atom stereocenters. The molecular formula is C16H18F3N5O2S. The van der Waals surface area contributed by atoms with Crippen molar-refractivity contribution in [1.29, 1.82) is 0 Å². The maximum Gasteiger partial charge on any atom is 0.433 e. The number of likely N-dealkylation sites (tertiary alicyclic amines) is 1. The Morgan fingerprint density at radius 3 is 2.59 bits per heavy atom. The van der Waals surface area contributed by atoms with Crippen molar-refractivity contribution in [1.82, 2.24) is 19.4 Å². The molecule has 0 spiro atoms. The van der Waals surface area contributed by atoms with Gasteiger partial charge in [-0.05, 0) is 25.7 Å². The maximum absolute atomic E-state index is 12.6. The summed E-state index contributed by atoms with van der Waals surface area (Å²) in [4.78, 5) is 34.2. The molecule has 11 heteroatoms. The Hall–Kier alpha value is -2.43. The summed E-state index contributed by atoms with van der Waals surface area (Å²) in [6, 6.07) is 0.287. The van der Waals surface area contributed by atoms with Crippen molar-refractivity contribution in [3.05, 3.63) is 39.5 Å². The fourth-order valence-corrected chi connectivity index (χ4v) is 3.55. The topological polar surface area (TPSA) is 80.1 Å². The highest BCUT2D eigenvalue weighted by Gasteiger charge is 2.33. The summed E-state index contributed by atoms with van der Waals surface area (Å²) in [6.45, 7) is 3.19. The number of nitrogens with zero attached hydrogens (tertiary/aromatic N) is 4. The van der Waals surface area contributed by atoms with E-state index < -0.39 is 17.4 Å². The third-order valence-electron chi connectivity index (χ3n) is 4.36. The first-order valence-electron chi connectivity index (χ1n) is 8.34. The Balaban J connectivity index is 1.53. The van der Waals surface area contributed by atoms with E-state index >= 15 is 0 Å². The van der Waals surface area contributed by atoms with Crippen molar-refractivity contribution in [2.24, 2.45) is 5.92 Å². The van der Waals surface area contributed by atoms with E-state index in [9.17, 15) is 22.8 Å². The van der Waals surface area contributed by atoms with Crippen LogP contribution in [0.4, 0.5) is 23.1 Å². The number of hydrogen-bond acceptors (Lipinski definition) is 5. The number of hydrogen-bond donors (Lipinski definition) is 1. The SMILES string of the molecule is Cc1cnc(NC(=O)N2CCC(Cn3cnc(C(F)(F)F)cc3=O)CC2)s1. The third-order valence-corrected chi connectivity index (χ3v) is 5.19. The van der Waals surface area contributed by atoms with Gasteiger partial charge in [-0.2, -0.15) is 13.2 Å². The highest BCUT2D eigenvalue weighted by molar-refractivity contribution is 7.15. The molecule has 7 nitrogen and oxygen atoms in total. The van der Waals surface area contributed by atoms with Crippen LogP contribution in [0, 0.1) is 12.8 Å². The lowest BCUT2D eigenvalue weighted by Gasteiger charge is -2.31. The molecule has 2 aromatic heterocycles. The van der Waals surface area contributed by atoms with Gasteiger partial charge in [-0.1, -0.05) is 0 Å². The number of urea groups is 1. The number of rotatable bonds is 3. The molecule has 0 aliphatic carbocycles. The highest BCUT2D eigenvalue weighted by atomic mass is 32.1. The van der Waals surface area contributed by atoms with Crippen LogP contribution in [0.15, 0.2) is 23.4 Å². The normalized spacial score (nSPS) is 15.8.